The van der Waals surface area contributed by atoms with Gasteiger partial charge in [0.25, 0.3) is 0 Å². The molecule has 0 aliphatic carbocycles. The first-order valence-electron chi connectivity index (χ1n) is 3.98. The van der Waals surface area contributed by atoms with E-state index in [2.05, 4.69) is 4.74 Å². The normalized spacial score (nSPS) is 9.93. The second-order valence-electron chi connectivity index (χ2n) is 2.54. The van der Waals surface area contributed by atoms with E-state index in [1.807, 2.05) is 0 Å². The first-order valence-corrected chi connectivity index (χ1v) is 4.36. The fourth-order valence-electron chi connectivity index (χ4n) is 0.953. The highest BCUT2D eigenvalue weighted by Crippen LogP contribution is 2.24. The first-order chi connectivity index (χ1) is 6.57. The lowest BCUT2D eigenvalue weighted by atomic mass is 10.2. The van der Waals surface area contributed by atoms with Gasteiger partial charge < -0.3 is 10.5 Å². The Kier molecular flexibility index (Phi) is 3.30. The third kappa shape index (κ3) is 1.96. The summed E-state index contributed by atoms with van der Waals surface area (Å²) in [6, 6.07) is 2.60. The van der Waals surface area contributed by atoms with Gasteiger partial charge >= 0.3 is 5.97 Å². The summed E-state index contributed by atoms with van der Waals surface area (Å²) in [5.74, 6) is -1.45. The van der Waals surface area contributed by atoms with Crippen LogP contribution in [0.4, 0.5) is 10.1 Å². The monoisotopic (exact) mass is 217 g/mol. The number of benzene rings is 1. The molecule has 0 heterocycles. The quantitative estimate of drug-likeness (QED) is 0.611. The van der Waals surface area contributed by atoms with E-state index in [9.17, 15) is 9.18 Å². The van der Waals surface area contributed by atoms with Crippen molar-refractivity contribution >= 4 is 23.3 Å². The number of ether oxygens (including phenoxy) is 1. The molecule has 0 atom stereocenters. The number of nitrogen functional groups attached to an aromatic ring is 1. The molecule has 0 spiro atoms. The number of rotatable bonds is 2. The molecule has 1 rings (SSSR count). The van der Waals surface area contributed by atoms with Gasteiger partial charge in [-0.3, -0.25) is 0 Å². The number of anilines is 1. The SMILES string of the molecule is CCOC(=O)c1ccc(Cl)c(F)c1N. The molecule has 1 aromatic rings. The zero-order valence-corrected chi connectivity index (χ0v) is 8.27. The van der Waals surface area contributed by atoms with Crippen LogP contribution in [0.25, 0.3) is 0 Å². The van der Waals surface area contributed by atoms with Gasteiger partial charge in [0.15, 0.2) is 5.82 Å². The van der Waals surface area contributed by atoms with Crippen molar-refractivity contribution in [2.24, 2.45) is 0 Å². The van der Waals surface area contributed by atoms with Crippen molar-refractivity contribution in [1.29, 1.82) is 0 Å². The van der Waals surface area contributed by atoms with Crippen LogP contribution in [-0.2, 0) is 4.74 Å². The van der Waals surface area contributed by atoms with Crippen LogP contribution in [0.2, 0.25) is 5.02 Å². The van der Waals surface area contributed by atoms with Crippen LogP contribution in [0.1, 0.15) is 17.3 Å². The molecule has 5 heteroatoms. The minimum Gasteiger partial charge on any atom is -0.462 e. The predicted octanol–water partition coefficient (Wildman–Crippen LogP) is 2.24. The molecular weight excluding hydrogens is 209 g/mol. The fourth-order valence-corrected chi connectivity index (χ4v) is 1.12. The zero-order chi connectivity index (χ0) is 10.7. The molecule has 2 N–H and O–H groups in total. The predicted molar refractivity (Wildman–Crippen MR) is 51.8 cm³/mol. The Balaban J connectivity index is 3.11. The van der Waals surface area contributed by atoms with Gasteiger partial charge in [-0.2, -0.15) is 0 Å². The van der Waals surface area contributed by atoms with E-state index >= 15 is 0 Å². The molecule has 0 amide bonds. The van der Waals surface area contributed by atoms with Crippen molar-refractivity contribution in [3.8, 4) is 0 Å². The summed E-state index contributed by atoms with van der Waals surface area (Å²) in [6.07, 6.45) is 0. The van der Waals surface area contributed by atoms with Crippen molar-refractivity contribution in [2.45, 2.75) is 6.92 Å². The van der Waals surface area contributed by atoms with Crippen LogP contribution < -0.4 is 5.73 Å². The summed E-state index contributed by atoms with van der Waals surface area (Å²) >= 11 is 5.46. The maximum atomic E-state index is 13.1. The Bertz CT molecular complexity index is 368. The molecule has 3 nitrogen and oxygen atoms in total. The third-order valence-corrected chi connectivity index (χ3v) is 1.92. The van der Waals surface area contributed by atoms with Gasteiger partial charge in [0.05, 0.1) is 22.9 Å². The third-order valence-electron chi connectivity index (χ3n) is 1.63. The standard InChI is InChI=1S/C9H9ClFNO2/c1-2-14-9(13)5-3-4-6(10)7(11)8(5)12/h3-4H,2,12H2,1H3. The van der Waals surface area contributed by atoms with Gasteiger partial charge in [0, 0.05) is 0 Å². The number of halogens is 2. The molecule has 0 saturated heterocycles. The molecular formula is C9H9ClFNO2. The van der Waals surface area contributed by atoms with Gasteiger partial charge in [-0.05, 0) is 19.1 Å². The summed E-state index contributed by atoms with van der Waals surface area (Å²) in [5, 5.41) is -0.115. The highest BCUT2D eigenvalue weighted by Gasteiger charge is 2.15. The molecule has 76 valence electrons. The second kappa shape index (κ2) is 4.28. The molecule has 14 heavy (non-hydrogen) atoms. The fraction of sp³-hybridized carbons (Fsp3) is 0.222. The number of nitrogens with two attached hydrogens (primary N) is 1. The van der Waals surface area contributed by atoms with Gasteiger partial charge in [0.1, 0.15) is 0 Å². The van der Waals surface area contributed by atoms with E-state index in [0.29, 0.717) is 0 Å². The lowest BCUT2D eigenvalue weighted by Gasteiger charge is -2.06. The minimum absolute atomic E-state index is 0.00579. The highest BCUT2D eigenvalue weighted by molar-refractivity contribution is 6.31. The summed E-state index contributed by atoms with van der Waals surface area (Å²) in [5.41, 5.74) is 5.07. The van der Waals surface area contributed by atoms with E-state index in [1.165, 1.54) is 12.1 Å². The number of hydrogen-bond acceptors (Lipinski definition) is 3. The summed E-state index contributed by atoms with van der Waals surface area (Å²) < 4.78 is 17.8. The maximum Gasteiger partial charge on any atom is 0.340 e. The summed E-state index contributed by atoms with van der Waals surface area (Å²) in [4.78, 5) is 11.2. The summed E-state index contributed by atoms with van der Waals surface area (Å²) in [7, 11) is 0. The van der Waals surface area contributed by atoms with Crippen molar-refractivity contribution < 1.29 is 13.9 Å². The van der Waals surface area contributed by atoms with Gasteiger partial charge in [-0.15, -0.1) is 0 Å². The van der Waals surface area contributed by atoms with Crippen molar-refractivity contribution in [3.05, 3.63) is 28.5 Å². The smallest absolute Gasteiger partial charge is 0.340 e. The number of carbonyl (C=O) groups excluding carboxylic acids is 1. The Labute approximate surface area is 85.6 Å². The van der Waals surface area contributed by atoms with Crippen LogP contribution in [0.5, 0.6) is 0 Å². The van der Waals surface area contributed by atoms with Crippen LogP contribution in [0, 0.1) is 5.82 Å². The topological polar surface area (TPSA) is 52.3 Å². The van der Waals surface area contributed by atoms with E-state index in [4.69, 9.17) is 17.3 Å². The van der Waals surface area contributed by atoms with Crippen molar-refractivity contribution in [3.63, 3.8) is 0 Å². The van der Waals surface area contributed by atoms with E-state index < -0.39 is 11.8 Å². The zero-order valence-electron chi connectivity index (χ0n) is 7.51. The molecule has 0 bridgehead atoms. The lowest BCUT2D eigenvalue weighted by molar-refractivity contribution is 0.0527. The Hall–Kier alpha value is -1.29. The van der Waals surface area contributed by atoms with E-state index in [1.54, 1.807) is 6.92 Å². The molecule has 0 fully saturated rings. The van der Waals surface area contributed by atoms with Crippen LogP contribution >= 0.6 is 11.6 Å². The van der Waals surface area contributed by atoms with E-state index in [0.717, 1.165) is 0 Å². The molecule has 0 radical (unpaired) electrons. The Morgan fingerprint density at radius 2 is 2.29 bits per heavy atom. The average molecular weight is 218 g/mol. The van der Waals surface area contributed by atoms with E-state index in [-0.39, 0.29) is 22.9 Å². The minimum atomic E-state index is -0.794. The molecule has 1 aromatic carbocycles. The average Bonchev–Trinajstić information content (AvgIpc) is 2.15. The largest absolute Gasteiger partial charge is 0.462 e. The molecule has 0 aliphatic heterocycles. The molecule has 0 aliphatic rings. The first kappa shape index (κ1) is 10.8. The maximum absolute atomic E-state index is 13.1. The van der Waals surface area contributed by atoms with Crippen LogP contribution in [0.3, 0.4) is 0 Å². The van der Waals surface area contributed by atoms with Crippen LogP contribution in [0.15, 0.2) is 12.1 Å². The van der Waals surface area contributed by atoms with Crippen molar-refractivity contribution in [2.75, 3.05) is 12.3 Å². The number of carbonyl (C=O) groups is 1. The van der Waals surface area contributed by atoms with Crippen LogP contribution in [-0.4, -0.2) is 12.6 Å². The molecule has 0 saturated carbocycles. The van der Waals surface area contributed by atoms with Gasteiger partial charge in [-0.1, -0.05) is 11.6 Å². The second-order valence-corrected chi connectivity index (χ2v) is 2.95. The van der Waals surface area contributed by atoms with Gasteiger partial charge in [-0.25, -0.2) is 9.18 Å². The lowest BCUT2D eigenvalue weighted by Crippen LogP contribution is -2.09. The highest BCUT2D eigenvalue weighted by atomic mass is 35.5. The summed E-state index contributed by atoms with van der Waals surface area (Å²) in [6.45, 7) is 1.86. The number of hydrogen-bond donors (Lipinski definition) is 1. The Morgan fingerprint density at radius 1 is 1.64 bits per heavy atom. The number of esters is 1. The molecule has 0 unspecified atom stereocenters. The Morgan fingerprint density at radius 3 is 2.86 bits per heavy atom. The van der Waals surface area contributed by atoms with Crippen molar-refractivity contribution in [1.82, 2.24) is 0 Å². The van der Waals surface area contributed by atoms with Gasteiger partial charge in [0.2, 0.25) is 0 Å². The molecule has 0 aromatic heterocycles.